The fourth-order valence-corrected chi connectivity index (χ4v) is 1.84. The molecule has 0 fully saturated rings. The average Bonchev–Trinajstić information content (AvgIpc) is 2.18. The maximum absolute atomic E-state index is 11.3. The third-order valence-electron chi connectivity index (χ3n) is 2.50. The zero-order valence-electron chi connectivity index (χ0n) is 7.54. The number of hydrogen-bond donors (Lipinski definition) is 2. The molecule has 0 spiro atoms. The molecule has 0 saturated carbocycles. The molecule has 5 heteroatoms. The van der Waals surface area contributed by atoms with Gasteiger partial charge in [-0.05, 0) is 31.2 Å². The highest BCUT2D eigenvalue weighted by atomic mass is 16.4. The molecule has 1 aromatic heterocycles. The van der Waals surface area contributed by atoms with Crippen LogP contribution in [0.5, 0.6) is 0 Å². The van der Waals surface area contributed by atoms with Gasteiger partial charge in [-0.2, -0.15) is 5.10 Å². The molecular weight excluding hydrogens is 184 g/mol. The van der Waals surface area contributed by atoms with Gasteiger partial charge in [0.15, 0.2) is 5.69 Å². The van der Waals surface area contributed by atoms with Crippen LogP contribution in [0, 0.1) is 0 Å². The van der Waals surface area contributed by atoms with E-state index >= 15 is 0 Å². The molecule has 2 rings (SSSR count). The van der Waals surface area contributed by atoms with E-state index in [0.29, 0.717) is 24.0 Å². The Morgan fingerprint density at radius 2 is 1.93 bits per heavy atom. The van der Waals surface area contributed by atoms with Crippen LogP contribution in [0.1, 0.15) is 34.5 Å². The Bertz CT molecular complexity index is 436. The highest BCUT2D eigenvalue weighted by Crippen LogP contribution is 2.19. The topological polar surface area (TPSA) is 83.0 Å². The van der Waals surface area contributed by atoms with Gasteiger partial charge in [-0.25, -0.2) is 9.89 Å². The summed E-state index contributed by atoms with van der Waals surface area (Å²) >= 11 is 0. The van der Waals surface area contributed by atoms with Crippen molar-refractivity contribution < 1.29 is 9.90 Å². The van der Waals surface area contributed by atoms with Gasteiger partial charge in [0.1, 0.15) is 0 Å². The van der Waals surface area contributed by atoms with Gasteiger partial charge in [0.25, 0.3) is 5.56 Å². The van der Waals surface area contributed by atoms with Gasteiger partial charge in [-0.15, -0.1) is 0 Å². The van der Waals surface area contributed by atoms with Gasteiger partial charge in [-0.3, -0.25) is 4.79 Å². The number of hydrogen-bond acceptors (Lipinski definition) is 3. The number of aromatic amines is 1. The second-order valence-electron chi connectivity index (χ2n) is 3.37. The van der Waals surface area contributed by atoms with Gasteiger partial charge in [0, 0.05) is 5.56 Å². The summed E-state index contributed by atoms with van der Waals surface area (Å²) in [4.78, 5) is 22.1. The third-order valence-corrected chi connectivity index (χ3v) is 2.50. The molecule has 0 atom stereocenters. The monoisotopic (exact) mass is 194 g/mol. The summed E-state index contributed by atoms with van der Waals surface area (Å²) in [6, 6.07) is 0. The summed E-state index contributed by atoms with van der Waals surface area (Å²) < 4.78 is 0. The Labute approximate surface area is 79.8 Å². The molecule has 14 heavy (non-hydrogen) atoms. The minimum Gasteiger partial charge on any atom is -0.476 e. The second-order valence-corrected chi connectivity index (χ2v) is 3.37. The number of carboxylic acid groups (broad SMARTS) is 1. The standard InChI is InChI=1S/C9H10N2O3/c12-8-6-4-2-1-3-5(6)7(9(13)14)10-11-8/h1-4H2,(H,11,12)(H,13,14). The first-order valence-electron chi connectivity index (χ1n) is 4.54. The summed E-state index contributed by atoms with van der Waals surface area (Å²) in [5.41, 5.74) is 0.972. The predicted molar refractivity (Wildman–Crippen MR) is 48.5 cm³/mol. The van der Waals surface area contributed by atoms with Crippen molar-refractivity contribution in [1.29, 1.82) is 0 Å². The first-order valence-corrected chi connectivity index (χ1v) is 4.54. The molecule has 0 amide bonds. The molecule has 0 bridgehead atoms. The number of nitrogens with zero attached hydrogens (tertiary/aromatic N) is 1. The molecule has 1 aromatic rings. The van der Waals surface area contributed by atoms with E-state index in [1.54, 1.807) is 0 Å². The number of carboxylic acids is 1. The zero-order valence-corrected chi connectivity index (χ0v) is 7.54. The normalized spacial score (nSPS) is 14.9. The van der Waals surface area contributed by atoms with Crippen LogP contribution >= 0.6 is 0 Å². The number of fused-ring (bicyclic) bond motifs is 1. The van der Waals surface area contributed by atoms with Gasteiger partial charge < -0.3 is 5.11 Å². The smallest absolute Gasteiger partial charge is 0.356 e. The van der Waals surface area contributed by atoms with Crippen LogP contribution in [-0.4, -0.2) is 21.3 Å². The zero-order chi connectivity index (χ0) is 10.1. The van der Waals surface area contributed by atoms with Crippen molar-refractivity contribution in [3.05, 3.63) is 27.2 Å². The lowest BCUT2D eigenvalue weighted by Gasteiger charge is -2.14. The van der Waals surface area contributed by atoms with Gasteiger partial charge in [-0.1, -0.05) is 0 Å². The number of carbonyl (C=O) groups is 1. The van der Waals surface area contributed by atoms with E-state index in [1.165, 1.54) is 0 Å². The first kappa shape index (κ1) is 8.93. The SMILES string of the molecule is O=C(O)c1n[nH]c(=O)c2c1CCCC2. The molecule has 0 unspecified atom stereocenters. The van der Waals surface area contributed by atoms with Gasteiger partial charge in [0.05, 0.1) is 0 Å². The van der Waals surface area contributed by atoms with Crippen LogP contribution in [0.3, 0.4) is 0 Å². The highest BCUT2D eigenvalue weighted by molar-refractivity contribution is 5.87. The van der Waals surface area contributed by atoms with Crippen LogP contribution in [0.2, 0.25) is 0 Å². The van der Waals surface area contributed by atoms with Crippen molar-refractivity contribution in [2.75, 3.05) is 0 Å². The van der Waals surface area contributed by atoms with Crippen molar-refractivity contribution in [3.8, 4) is 0 Å². The van der Waals surface area contributed by atoms with Crippen LogP contribution in [0.15, 0.2) is 4.79 Å². The maximum Gasteiger partial charge on any atom is 0.356 e. The molecule has 1 heterocycles. The lowest BCUT2D eigenvalue weighted by molar-refractivity contribution is 0.0687. The maximum atomic E-state index is 11.3. The summed E-state index contributed by atoms with van der Waals surface area (Å²) in [6.45, 7) is 0. The van der Waals surface area contributed by atoms with Crippen LogP contribution in [-0.2, 0) is 12.8 Å². The van der Waals surface area contributed by atoms with E-state index < -0.39 is 5.97 Å². The molecule has 74 valence electrons. The van der Waals surface area contributed by atoms with E-state index in [9.17, 15) is 9.59 Å². The number of rotatable bonds is 1. The Balaban J connectivity index is 2.65. The van der Waals surface area contributed by atoms with E-state index in [1.807, 2.05) is 0 Å². The summed E-state index contributed by atoms with van der Waals surface area (Å²) in [6.07, 6.45) is 3.18. The van der Waals surface area contributed by atoms with Crippen molar-refractivity contribution >= 4 is 5.97 Å². The number of aromatic nitrogens is 2. The largest absolute Gasteiger partial charge is 0.476 e. The fraction of sp³-hybridized carbons (Fsp3) is 0.444. The lowest BCUT2D eigenvalue weighted by Crippen LogP contribution is -2.24. The Kier molecular flexibility index (Phi) is 2.07. The second kappa shape index (κ2) is 3.25. The molecule has 5 nitrogen and oxygen atoms in total. The quantitative estimate of drug-likeness (QED) is 0.675. The Morgan fingerprint density at radius 1 is 1.29 bits per heavy atom. The van der Waals surface area contributed by atoms with Crippen LogP contribution in [0.25, 0.3) is 0 Å². The molecular formula is C9H10N2O3. The molecule has 0 aliphatic heterocycles. The van der Waals surface area contributed by atoms with Crippen molar-refractivity contribution in [3.63, 3.8) is 0 Å². The molecule has 0 radical (unpaired) electrons. The number of H-pyrrole nitrogens is 1. The first-order chi connectivity index (χ1) is 6.70. The Hall–Kier alpha value is -1.65. The van der Waals surface area contributed by atoms with E-state index in [0.717, 1.165) is 12.8 Å². The lowest BCUT2D eigenvalue weighted by atomic mass is 9.92. The van der Waals surface area contributed by atoms with Crippen molar-refractivity contribution in [2.45, 2.75) is 25.7 Å². The van der Waals surface area contributed by atoms with E-state index in [-0.39, 0.29) is 11.3 Å². The Morgan fingerprint density at radius 3 is 2.57 bits per heavy atom. The summed E-state index contributed by atoms with van der Waals surface area (Å²) in [5, 5.41) is 14.6. The minimum absolute atomic E-state index is 0.000648. The fourth-order valence-electron chi connectivity index (χ4n) is 1.84. The van der Waals surface area contributed by atoms with E-state index in [2.05, 4.69) is 10.2 Å². The summed E-state index contributed by atoms with van der Waals surface area (Å²) in [5.74, 6) is -1.07. The van der Waals surface area contributed by atoms with Crippen molar-refractivity contribution in [2.24, 2.45) is 0 Å². The van der Waals surface area contributed by atoms with Gasteiger partial charge >= 0.3 is 5.97 Å². The van der Waals surface area contributed by atoms with Crippen LogP contribution < -0.4 is 5.56 Å². The molecule has 0 saturated heterocycles. The molecule has 1 aliphatic rings. The van der Waals surface area contributed by atoms with Crippen molar-refractivity contribution in [1.82, 2.24) is 10.2 Å². The van der Waals surface area contributed by atoms with Gasteiger partial charge in [0.2, 0.25) is 0 Å². The minimum atomic E-state index is -1.07. The molecule has 2 N–H and O–H groups in total. The number of nitrogens with one attached hydrogen (secondary N) is 1. The average molecular weight is 194 g/mol. The molecule has 0 aromatic carbocycles. The highest BCUT2D eigenvalue weighted by Gasteiger charge is 2.21. The van der Waals surface area contributed by atoms with Crippen LogP contribution in [0.4, 0.5) is 0 Å². The predicted octanol–water partition coefficient (Wildman–Crippen LogP) is 0.347. The molecule has 1 aliphatic carbocycles. The summed E-state index contributed by atoms with van der Waals surface area (Å²) in [7, 11) is 0. The number of aromatic carboxylic acids is 1. The third kappa shape index (κ3) is 1.30. The van der Waals surface area contributed by atoms with E-state index in [4.69, 9.17) is 5.11 Å².